The fourth-order valence-corrected chi connectivity index (χ4v) is 0.348. The molecule has 8 heavy (non-hydrogen) atoms. The predicted molar refractivity (Wildman–Crippen MR) is 30.2 cm³/mol. The van der Waals surface area contributed by atoms with E-state index in [2.05, 4.69) is 5.32 Å². The summed E-state index contributed by atoms with van der Waals surface area (Å²) in [6.07, 6.45) is 0.724. The van der Waals surface area contributed by atoms with Crippen molar-refractivity contribution in [3.05, 3.63) is 0 Å². The second-order valence-corrected chi connectivity index (χ2v) is 1.41. The Morgan fingerprint density at radius 2 is 2.38 bits per heavy atom. The van der Waals surface area contributed by atoms with Gasteiger partial charge in [0.05, 0.1) is 12.6 Å². The molecule has 0 aromatic rings. The molecule has 0 fully saturated rings. The van der Waals surface area contributed by atoms with Crippen molar-refractivity contribution < 1.29 is 5.11 Å². The van der Waals surface area contributed by atoms with Crippen molar-refractivity contribution in [2.45, 2.75) is 6.42 Å². The molecule has 0 aromatic carbocycles. The third-order valence-corrected chi connectivity index (χ3v) is 0.716. The van der Waals surface area contributed by atoms with Crippen LogP contribution in [0, 0.1) is 11.3 Å². The molecule has 0 heterocycles. The zero-order chi connectivity index (χ0) is 6.24. The Morgan fingerprint density at radius 3 is 2.88 bits per heavy atom. The SMILES string of the molecule is N#CCNCCCO. The second kappa shape index (κ2) is 6.41. The van der Waals surface area contributed by atoms with E-state index in [0.717, 1.165) is 13.0 Å². The van der Waals surface area contributed by atoms with Crippen molar-refractivity contribution in [3.63, 3.8) is 0 Å². The highest BCUT2D eigenvalue weighted by atomic mass is 16.3. The highest BCUT2D eigenvalue weighted by Crippen LogP contribution is 1.68. The third-order valence-electron chi connectivity index (χ3n) is 0.716. The molecule has 0 spiro atoms. The molecule has 0 saturated heterocycles. The van der Waals surface area contributed by atoms with Crippen LogP contribution in [-0.2, 0) is 0 Å². The van der Waals surface area contributed by atoms with Gasteiger partial charge in [-0.3, -0.25) is 0 Å². The van der Waals surface area contributed by atoms with Crippen molar-refractivity contribution >= 4 is 0 Å². The molecular formula is C5H10N2O. The van der Waals surface area contributed by atoms with Gasteiger partial charge in [-0.1, -0.05) is 0 Å². The van der Waals surface area contributed by atoms with Gasteiger partial charge in [-0.2, -0.15) is 5.26 Å². The first-order valence-corrected chi connectivity index (χ1v) is 2.60. The van der Waals surface area contributed by atoms with Gasteiger partial charge >= 0.3 is 0 Å². The minimum absolute atomic E-state index is 0.193. The summed E-state index contributed by atoms with van der Waals surface area (Å²) in [5.41, 5.74) is 0. The van der Waals surface area contributed by atoms with Crippen LogP contribution < -0.4 is 5.32 Å². The van der Waals surface area contributed by atoms with Crippen LogP contribution in [0.1, 0.15) is 6.42 Å². The summed E-state index contributed by atoms with van der Waals surface area (Å²) >= 11 is 0. The van der Waals surface area contributed by atoms with E-state index < -0.39 is 0 Å². The molecule has 2 N–H and O–H groups in total. The Bertz CT molecular complexity index is 77.0. The molecule has 46 valence electrons. The van der Waals surface area contributed by atoms with Crippen molar-refractivity contribution in [2.24, 2.45) is 0 Å². The second-order valence-electron chi connectivity index (χ2n) is 1.41. The maximum Gasteiger partial charge on any atom is 0.0840 e. The Morgan fingerprint density at radius 1 is 1.62 bits per heavy atom. The van der Waals surface area contributed by atoms with Gasteiger partial charge in [-0.25, -0.2) is 0 Å². The summed E-state index contributed by atoms with van der Waals surface area (Å²) in [6.45, 7) is 1.29. The smallest absolute Gasteiger partial charge is 0.0840 e. The van der Waals surface area contributed by atoms with E-state index in [1.165, 1.54) is 0 Å². The van der Waals surface area contributed by atoms with E-state index in [1.54, 1.807) is 0 Å². The summed E-state index contributed by atoms with van der Waals surface area (Å²) in [6, 6.07) is 1.93. The number of hydrogen-bond acceptors (Lipinski definition) is 3. The van der Waals surface area contributed by atoms with Gasteiger partial charge in [0, 0.05) is 6.61 Å². The van der Waals surface area contributed by atoms with Crippen molar-refractivity contribution in [1.29, 1.82) is 5.26 Å². The molecule has 0 atom stereocenters. The minimum Gasteiger partial charge on any atom is -0.396 e. The average Bonchev–Trinajstić information content (AvgIpc) is 1.81. The molecule has 0 amide bonds. The Hall–Kier alpha value is -0.590. The summed E-state index contributed by atoms with van der Waals surface area (Å²) < 4.78 is 0. The van der Waals surface area contributed by atoms with E-state index in [0.29, 0.717) is 6.54 Å². The van der Waals surface area contributed by atoms with E-state index in [1.807, 2.05) is 6.07 Å². The Balaban J connectivity index is 2.65. The zero-order valence-electron chi connectivity index (χ0n) is 4.72. The summed E-state index contributed by atoms with van der Waals surface area (Å²) in [7, 11) is 0. The van der Waals surface area contributed by atoms with E-state index in [-0.39, 0.29) is 6.61 Å². The lowest BCUT2D eigenvalue weighted by Crippen LogP contribution is -2.15. The average molecular weight is 114 g/mol. The first-order valence-electron chi connectivity index (χ1n) is 2.60. The summed E-state index contributed by atoms with van der Waals surface area (Å²) in [5, 5.41) is 19.0. The third kappa shape index (κ3) is 5.41. The highest BCUT2D eigenvalue weighted by Gasteiger charge is 1.81. The lowest BCUT2D eigenvalue weighted by molar-refractivity contribution is 0.287. The molecule has 3 heteroatoms. The van der Waals surface area contributed by atoms with Crippen LogP contribution in [0.3, 0.4) is 0 Å². The normalized spacial score (nSPS) is 8.50. The van der Waals surface area contributed by atoms with Crippen LogP contribution in [0.5, 0.6) is 0 Å². The zero-order valence-corrected chi connectivity index (χ0v) is 4.72. The molecule has 0 aliphatic heterocycles. The molecule has 0 aliphatic carbocycles. The number of hydrogen-bond donors (Lipinski definition) is 2. The summed E-state index contributed by atoms with van der Waals surface area (Å²) in [5.74, 6) is 0. The predicted octanol–water partition coefficient (Wildman–Crippen LogP) is -0.518. The monoisotopic (exact) mass is 114 g/mol. The largest absolute Gasteiger partial charge is 0.396 e. The topological polar surface area (TPSA) is 56.0 Å². The Labute approximate surface area is 48.9 Å². The molecule has 3 nitrogen and oxygen atoms in total. The quantitative estimate of drug-likeness (QED) is 0.382. The van der Waals surface area contributed by atoms with Gasteiger partial charge in [0.1, 0.15) is 0 Å². The van der Waals surface area contributed by atoms with Crippen LogP contribution >= 0.6 is 0 Å². The van der Waals surface area contributed by atoms with Crippen LogP contribution in [0.15, 0.2) is 0 Å². The number of nitriles is 1. The van der Waals surface area contributed by atoms with E-state index >= 15 is 0 Å². The molecule has 0 radical (unpaired) electrons. The number of aliphatic hydroxyl groups is 1. The van der Waals surface area contributed by atoms with Gasteiger partial charge in [0.25, 0.3) is 0 Å². The van der Waals surface area contributed by atoms with E-state index in [4.69, 9.17) is 10.4 Å². The lowest BCUT2D eigenvalue weighted by Gasteiger charge is -1.93. The summed E-state index contributed by atoms with van der Waals surface area (Å²) in [4.78, 5) is 0. The maximum absolute atomic E-state index is 8.24. The maximum atomic E-state index is 8.24. The van der Waals surface area contributed by atoms with Gasteiger partial charge in [0.2, 0.25) is 0 Å². The number of aliphatic hydroxyl groups excluding tert-OH is 1. The highest BCUT2D eigenvalue weighted by molar-refractivity contribution is 4.71. The van der Waals surface area contributed by atoms with Gasteiger partial charge in [-0.05, 0) is 13.0 Å². The minimum atomic E-state index is 0.193. The molecule has 0 bridgehead atoms. The van der Waals surface area contributed by atoms with Crippen LogP contribution in [0.25, 0.3) is 0 Å². The first-order chi connectivity index (χ1) is 3.91. The van der Waals surface area contributed by atoms with Gasteiger partial charge < -0.3 is 10.4 Å². The van der Waals surface area contributed by atoms with Crippen LogP contribution in [0.2, 0.25) is 0 Å². The van der Waals surface area contributed by atoms with Crippen LogP contribution in [-0.4, -0.2) is 24.8 Å². The standard InChI is InChI=1S/C5H10N2O/c6-2-4-7-3-1-5-8/h7-8H,1,3-5H2. The number of nitrogens with zero attached hydrogens (tertiary/aromatic N) is 1. The molecule has 0 saturated carbocycles. The van der Waals surface area contributed by atoms with Crippen molar-refractivity contribution in [2.75, 3.05) is 19.7 Å². The number of nitrogens with one attached hydrogen (secondary N) is 1. The molecule has 0 aromatic heterocycles. The number of rotatable bonds is 4. The molecule has 0 unspecified atom stereocenters. The van der Waals surface area contributed by atoms with Crippen molar-refractivity contribution in [1.82, 2.24) is 5.32 Å². The Kier molecular flexibility index (Phi) is 5.94. The van der Waals surface area contributed by atoms with Crippen LogP contribution in [0.4, 0.5) is 0 Å². The van der Waals surface area contributed by atoms with E-state index in [9.17, 15) is 0 Å². The van der Waals surface area contributed by atoms with Gasteiger partial charge in [0.15, 0.2) is 0 Å². The first kappa shape index (κ1) is 7.41. The molecule has 0 aliphatic rings. The fourth-order valence-electron chi connectivity index (χ4n) is 0.348. The van der Waals surface area contributed by atoms with Gasteiger partial charge in [-0.15, -0.1) is 0 Å². The molecular weight excluding hydrogens is 104 g/mol. The molecule has 0 rings (SSSR count). The van der Waals surface area contributed by atoms with Crippen molar-refractivity contribution in [3.8, 4) is 6.07 Å². The fraction of sp³-hybridized carbons (Fsp3) is 0.800. The lowest BCUT2D eigenvalue weighted by atomic mass is 10.4.